The zero-order valence-corrected chi connectivity index (χ0v) is 11.9. The second-order valence-electron chi connectivity index (χ2n) is 4.97. The smallest absolute Gasteiger partial charge is 0.242 e. The molecule has 0 bridgehead atoms. The zero-order chi connectivity index (χ0) is 14.5. The summed E-state index contributed by atoms with van der Waals surface area (Å²) in [5, 5.41) is 2.74. The Morgan fingerprint density at radius 3 is 3.05 bits per heavy atom. The maximum absolute atomic E-state index is 12.1. The van der Waals surface area contributed by atoms with Gasteiger partial charge in [-0.05, 0) is 31.5 Å². The van der Waals surface area contributed by atoms with Gasteiger partial charge in [0.1, 0.15) is 11.8 Å². The number of carbonyl (C=O) groups excluding carboxylic acids is 2. The van der Waals surface area contributed by atoms with Crippen LogP contribution in [-0.2, 0) is 9.59 Å². The molecule has 1 N–H and O–H groups in total. The first-order chi connectivity index (χ1) is 9.58. The highest BCUT2D eigenvalue weighted by atomic mass is 16.5. The average molecular weight is 276 g/mol. The van der Waals surface area contributed by atoms with Crippen molar-refractivity contribution >= 4 is 11.8 Å². The topological polar surface area (TPSA) is 58.6 Å². The Kier molecular flexibility index (Phi) is 4.61. The summed E-state index contributed by atoms with van der Waals surface area (Å²) in [6.45, 7) is 5.15. The molecule has 1 unspecified atom stereocenters. The Morgan fingerprint density at radius 1 is 1.50 bits per heavy atom. The van der Waals surface area contributed by atoms with E-state index >= 15 is 0 Å². The van der Waals surface area contributed by atoms with Crippen LogP contribution in [-0.4, -0.2) is 42.5 Å². The number of aryl methyl sites for hydroxylation is 1. The number of piperazine rings is 1. The summed E-state index contributed by atoms with van der Waals surface area (Å²) in [6, 6.07) is 7.32. The van der Waals surface area contributed by atoms with Crippen LogP contribution >= 0.6 is 0 Å². The standard InChI is InChI=1S/C15H20N2O3/c1-11-4-3-5-13(10-11)20-9-6-14(18)17-8-7-16-15(19)12(17)2/h3-5,10,12H,6-9H2,1-2H3,(H,16,19). The highest BCUT2D eigenvalue weighted by Crippen LogP contribution is 2.13. The van der Waals surface area contributed by atoms with E-state index in [1.807, 2.05) is 31.2 Å². The van der Waals surface area contributed by atoms with Crippen molar-refractivity contribution < 1.29 is 14.3 Å². The number of ether oxygens (including phenoxy) is 1. The minimum Gasteiger partial charge on any atom is -0.493 e. The van der Waals surface area contributed by atoms with Gasteiger partial charge in [-0.1, -0.05) is 12.1 Å². The number of benzene rings is 1. The van der Waals surface area contributed by atoms with Crippen LogP contribution in [0.5, 0.6) is 5.75 Å². The monoisotopic (exact) mass is 276 g/mol. The van der Waals surface area contributed by atoms with Crippen LogP contribution in [0.25, 0.3) is 0 Å². The van der Waals surface area contributed by atoms with E-state index in [4.69, 9.17) is 4.74 Å². The summed E-state index contributed by atoms with van der Waals surface area (Å²) < 4.78 is 5.56. The van der Waals surface area contributed by atoms with Gasteiger partial charge in [0.05, 0.1) is 13.0 Å². The van der Waals surface area contributed by atoms with Crippen molar-refractivity contribution in [3.63, 3.8) is 0 Å². The molecule has 0 aliphatic carbocycles. The van der Waals surface area contributed by atoms with E-state index < -0.39 is 6.04 Å². The molecule has 1 aliphatic rings. The van der Waals surface area contributed by atoms with E-state index in [9.17, 15) is 9.59 Å². The van der Waals surface area contributed by atoms with Gasteiger partial charge in [-0.25, -0.2) is 0 Å². The number of nitrogens with one attached hydrogen (secondary N) is 1. The molecular weight excluding hydrogens is 256 g/mol. The van der Waals surface area contributed by atoms with Gasteiger partial charge in [0.25, 0.3) is 0 Å². The fourth-order valence-corrected chi connectivity index (χ4v) is 2.23. The van der Waals surface area contributed by atoms with Crippen molar-refractivity contribution in [1.29, 1.82) is 0 Å². The molecule has 5 heteroatoms. The van der Waals surface area contributed by atoms with Gasteiger partial charge in [0.2, 0.25) is 11.8 Å². The van der Waals surface area contributed by atoms with Gasteiger partial charge in [-0.2, -0.15) is 0 Å². The Hall–Kier alpha value is -2.04. The number of hydrogen-bond donors (Lipinski definition) is 1. The molecule has 1 aromatic rings. The van der Waals surface area contributed by atoms with Crippen molar-refractivity contribution in [1.82, 2.24) is 10.2 Å². The van der Waals surface area contributed by atoms with E-state index in [-0.39, 0.29) is 18.2 Å². The maximum atomic E-state index is 12.1. The molecule has 2 amide bonds. The van der Waals surface area contributed by atoms with Crippen molar-refractivity contribution in [2.24, 2.45) is 0 Å². The molecule has 108 valence electrons. The summed E-state index contributed by atoms with van der Waals surface area (Å²) in [5.74, 6) is 0.631. The molecule has 1 aromatic carbocycles. The molecular formula is C15H20N2O3. The Morgan fingerprint density at radius 2 is 2.30 bits per heavy atom. The first-order valence-corrected chi connectivity index (χ1v) is 6.84. The Balaban J connectivity index is 1.81. The average Bonchev–Trinajstić information content (AvgIpc) is 2.42. The minimum absolute atomic E-state index is 0.0417. The quantitative estimate of drug-likeness (QED) is 0.896. The highest BCUT2D eigenvalue weighted by molar-refractivity contribution is 5.88. The SMILES string of the molecule is Cc1cccc(OCCC(=O)N2CCNC(=O)C2C)c1. The van der Waals surface area contributed by atoms with Crippen LogP contribution < -0.4 is 10.1 Å². The van der Waals surface area contributed by atoms with Crippen LogP contribution in [0.15, 0.2) is 24.3 Å². The third-order valence-electron chi connectivity index (χ3n) is 3.39. The molecule has 0 spiro atoms. The Labute approximate surface area is 118 Å². The molecule has 1 saturated heterocycles. The van der Waals surface area contributed by atoms with Crippen molar-refractivity contribution in [2.75, 3.05) is 19.7 Å². The molecule has 1 aliphatic heterocycles. The first-order valence-electron chi connectivity index (χ1n) is 6.84. The lowest BCUT2D eigenvalue weighted by Gasteiger charge is -2.32. The van der Waals surface area contributed by atoms with Crippen molar-refractivity contribution in [3.05, 3.63) is 29.8 Å². The van der Waals surface area contributed by atoms with Crippen molar-refractivity contribution in [3.8, 4) is 5.75 Å². The fraction of sp³-hybridized carbons (Fsp3) is 0.467. The summed E-state index contributed by atoms with van der Waals surface area (Å²) in [5.41, 5.74) is 1.12. The number of amides is 2. The number of rotatable bonds is 4. The predicted molar refractivity (Wildman–Crippen MR) is 75.5 cm³/mol. The van der Waals surface area contributed by atoms with Gasteiger partial charge in [0.15, 0.2) is 0 Å². The molecule has 20 heavy (non-hydrogen) atoms. The highest BCUT2D eigenvalue weighted by Gasteiger charge is 2.28. The first kappa shape index (κ1) is 14.4. The van der Waals surface area contributed by atoms with Crippen LogP contribution in [0.2, 0.25) is 0 Å². The van der Waals surface area contributed by atoms with E-state index in [0.717, 1.165) is 11.3 Å². The molecule has 1 atom stereocenters. The van der Waals surface area contributed by atoms with E-state index in [1.165, 1.54) is 0 Å². The van der Waals surface area contributed by atoms with Crippen LogP contribution in [0.4, 0.5) is 0 Å². The summed E-state index contributed by atoms with van der Waals surface area (Å²) in [6.07, 6.45) is 0.283. The normalized spacial score (nSPS) is 18.6. The fourth-order valence-electron chi connectivity index (χ4n) is 2.23. The van der Waals surface area contributed by atoms with Gasteiger partial charge in [-0.15, -0.1) is 0 Å². The lowest BCUT2D eigenvalue weighted by molar-refractivity contribution is -0.142. The largest absolute Gasteiger partial charge is 0.493 e. The van der Waals surface area contributed by atoms with Crippen LogP contribution in [0.3, 0.4) is 0 Å². The molecule has 0 radical (unpaired) electrons. The molecule has 1 fully saturated rings. The molecule has 5 nitrogen and oxygen atoms in total. The maximum Gasteiger partial charge on any atom is 0.242 e. The van der Waals surface area contributed by atoms with Gasteiger partial charge < -0.3 is 15.0 Å². The van der Waals surface area contributed by atoms with Gasteiger partial charge >= 0.3 is 0 Å². The number of carbonyl (C=O) groups is 2. The number of hydrogen-bond acceptors (Lipinski definition) is 3. The second kappa shape index (κ2) is 6.41. The van der Waals surface area contributed by atoms with Crippen LogP contribution in [0.1, 0.15) is 18.9 Å². The summed E-state index contributed by atoms with van der Waals surface area (Å²) in [4.78, 5) is 25.2. The number of nitrogens with zero attached hydrogens (tertiary/aromatic N) is 1. The summed E-state index contributed by atoms with van der Waals surface area (Å²) in [7, 11) is 0. The van der Waals surface area contributed by atoms with Gasteiger partial charge in [0, 0.05) is 13.1 Å². The third kappa shape index (κ3) is 3.50. The van der Waals surface area contributed by atoms with Crippen molar-refractivity contribution in [2.45, 2.75) is 26.3 Å². The Bertz CT molecular complexity index is 502. The zero-order valence-electron chi connectivity index (χ0n) is 11.9. The van der Waals surface area contributed by atoms with E-state index in [0.29, 0.717) is 19.7 Å². The lowest BCUT2D eigenvalue weighted by atomic mass is 10.2. The summed E-state index contributed by atoms with van der Waals surface area (Å²) >= 11 is 0. The molecule has 2 rings (SSSR count). The predicted octanol–water partition coefficient (Wildman–Crippen LogP) is 1.11. The third-order valence-corrected chi connectivity index (χ3v) is 3.39. The molecule has 0 aromatic heterocycles. The minimum atomic E-state index is -0.393. The second-order valence-corrected chi connectivity index (χ2v) is 4.97. The molecule has 0 saturated carbocycles. The molecule has 1 heterocycles. The van der Waals surface area contributed by atoms with Gasteiger partial charge in [-0.3, -0.25) is 9.59 Å². The van der Waals surface area contributed by atoms with E-state index in [1.54, 1.807) is 11.8 Å². The van der Waals surface area contributed by atoms with Crippen LogP contribution in [0, 0.1) is 6.92 Å². The van der Waals surface area contributed by atoms with E-state index in [2.05, 4.69) is 5.32 Å². The lowest BCUT2D eigenvalue weighted by Crippen LogP contribution is -2.56.